The van der Waals surface area contributed by atoms with E-state index in [1.165, 1.54) is 4.90 Å². The summed E-state index contributed by atoms with van der Waals surface area (Å²) in [6, 6.07) is 12.6. The summed E-state index contributed by atoms with van der Waals surface area (Å²) in [5, 5.41) is 11.0. The van der Waals surface area contributed by atoms with Crippen LogP contribution in [0.1, 0.15) is 27.2 Å². The number of benzene rings is 2. The quantitative estimate of drug-likeness (QED) is 0.444. The van der Waals surface area contributed by atoms with Crippen molar-refractivity contribution in [3.05, 3.63) is 77.9 Å². The molecule has 1 unspecified atom stereocenters. The molecule has 0 aromatic heterocycles. The lowest BCUT2D eigenvalue weighted by Gasteiger charge is -2.39. The van der Waals surface area contributed by atoms with Gasteiger partial charge in [-0.15, -0.1) is 0 Å². The predicted octanol–water partition coefficient (Wildman–Crippen LogP) is 4.23. The minimum atomic E-state index is -1.41. The van der Waals surface area contributed by atoms with E-state index in [9.17, 15) is 19.5 Å². The van der Waals surface area contributed by atoms with E-state index in [0.29, 0.717) is 41.7 Å². The number of aliphatic hydroxyl groups is 1. The molecule has 2 aromatic rings. The van der Waals surface area contributed by atoms with Crippen LogP contribution in [-0.4, -0.2) is 77.8 Å². The molecule has 4 aliphatic rings. The van der Waals surface area contributed by atoms with Gasteiger partial charge in [0.1, 0.15) is 17.4 Å². The lowest BCUT2D eigenvalue weighted by molar-refractivity contribution is -0.144. The van der Waals surface area contributed by atoms with E-state index in [2.05, 4.69) is 0 Å². The first-order chi connectivity index (χ1) is 21.2. The van der Waals surface area contributed by atoms with Gasteiger partial charge in [-0.1, -0.05) is 61.9 Å². The van der Waals surface area contributed by atoms with Crippen molar-refractivity contribution in [2.75, 3.05) is 36.1 Å². The number of carbonyl (C=O) groups is 3. The lowest BCUT2D eigenvalue weighted by Crippen LogP contribution is -2.58. The highest BCUT2D eigenvalue weighted by atomic mass is 35.5. The SMILES string of the molecule is CCOc1ccc(N2CC=C[C@H]3O[C@]45C=CCN(c6ccccc6Cl)C(=O)C4N([C@@H](CO)CC(C)C)C(=O)[C@@H]5[C@H]3C2=O)cc1. The van der Waals surface area contributed by atoms with Crippen LogP contribution in [0.5, 0.6) is 5.75 Å². The fourth-order valence-corrected chi connectivity index (χ4v) is 7.54. The molecule has 44 heavy (non-hydrogen) atoms. The van der Waals surface area contributed by atoms with Crippen LogP contribution in [0.2, 0.25) is 5.02 Å². The summed E-state index contributed by atoms with van der Waals surface area (Å²) in [6.45, 7) is 6.64. The predicted molar refractivity (Wildman–Crippen MR) is 168 cm³/mol. The maximum absolute atomic E-state index is 14.7. The first kappa shape index (κ1) is 30.4. The average Bonchev–Trinajstić information content (AvgIpc) is 3.32. The van der Waals surface area contributed by atoms with Gasteiger partial charge in [-0.05, 0) is 55.7 Å². The molecule has 0 bridgehead atoms. The van der Waals surface area contributed by atoms with Crippen LogP contribution in [-0.2, 0) is 19.1 Å². The monoisotopic (exact) mass is 619 g/mol. The van der Waals surface area contributed by atoms with Crippen LogP contribution in [0.4, 0.5) is 11.4 Å². The van der Waals surface area contributed by atoms with Crippen LogP contribution < -0.4 is 14.5 Å². The summed E-state index contributed by atoms with van der Waals surface area (Å²) in [5.41, 5.74) is -0.217. The minimum absolute atomic E-state index is 0.138. The Bertz CT molecular complexity index is 1490. The number of amides is 3. The maximum atomic E-state index is 14.7. The highest BCUT2D eigenvalue weighted by molar-refractivity contribution is 6.34. The van der Waals surface area contributed by atoms with Gasteiger partial charge in [0.2, 0.25) is 11.8 Å². The number of rotatable bonds is 8. The largest absolute Gasteiger partial charge is 0.494 e. The molecular weight excluding hydrogens is 582 g/mol. The molecule has 1 spiro atoms. The van der Waals surface area contributed by atoms with Crippen molar-refractivity contribution in [3.8, 4) is 5.75 Å². The van der Waals surface area contributed by atoms with E-state index in [0.717, 1.165) is 0 Å². The van der Waals surface area contributed by atoms with Crippen LogP contribution in [0.15, 0.2) is 72.8 Å². The fraction of sp³-hybridized carbons (Fsp3) is 0.441. The van der Waals surface area contributed by atoms with Crippen molar-refractivity contribution in [2.45, 2.75) is 51.0 Å². The molecule has 10 heteroatoms. The zero-order chi connectivity index (χ0) is 31.2. The summed E-state index contributed by atoms with van der Waals surface area (Å²) in [5.74, 6) is -1.98. The first-order valence-corrected chi connectivity index (χ1v) is 15.6. The Morgan fingerprint density at radius 2 is 1.73 bits per heavy atom. The highest BCUT2D eigenvalue weighted by Crippen LogP contribution is 2.54. The number of hydrogen-bond donors (Lipinski definition) is 1. The molecule has 232 valence electrons. The van der Waals surface area contributed by atoms with Crippen LogP contribution in [0, 0.1) is 17.8 Å². The van der Waals surface area contributed by atoms with Crippen molar-refractivity contribution in [2.24, 2.45) is 17.8 Å². The summed E-state index contributed by atoms with van der Waals surface area (Å²) < 4.78 is 12.3. The normalized spacial score (nSPS) is 28.6. The van der Waals surface area contributed by atoms with Gasteiger partial charge in [0, 0.05) is 18.8 Å². The number of para-hydroxylation sites is 1. The standard InChI is InChI=1S/C34H38ClN3O6/c1-4-43-24-14-12-22(13-15-24)36-17-7-11-27-28(31(36)40)29-32(41)38(23(20-39)19-21(2)3)30-33(42)37(18-8-16-34(29,30)44-27)26-10-6-5-9-25(26)35/h5-16,21,23,27-30,39H,4,17-20H2,1-3H3/t23-,27-,28+,29+,30?,34+/m1/s1. The van der Waals surface area contributed by atoms with E-state index in [4.69, 9.17) is 21.1 Å². The number of carbonyl (C=O) groups excluding carboxylic acids is 3. The lowest BCUT2D eigenvalue weighted by atomic mass is 9.77. The molecule has 2 saturated heterocycles. The topological polar surface area (TPSA) is 99.6 Å². The Hall–Kier alpha value is -3.66. The average molecular weight is 620 g/mol. The third-order valence-electron chi connectivity index (χ3n) is 9.05. The number of fused-ring (bicyclic) bond motifs is 2. The molecule has 6 atom stereocenters. The van der Waals surface area contributed by atoms with E-state index in [1.807, 2.05) is 63.3 Å². The Morgan fingerprint density at radius 3 is 2.41 bits per heavy atom. The van der Waals surface area contributed by atoms with Crippen molar-refractivity contribution < 1.29 is 29.0 Å². The molecule has 0 aliphatic carbocycles. The fourth-order valence-electron chi connectivity index (χ4n) is 7.30. The van der Waals surface area contributed by atoms with Crippen LogP contribution >= 0.6 is 11.6 Å². The number of nitrogens with zero attached hydrogens (tertiary/aromatic N) is 3. The van der Waals surface area contributed by atoms with E-state index >= 15 is 0 Å². The number of aliphatic hydroxyl groups excluding tert-OH is 1. The first-order valence-electron chi connectivity index (χ1n) is 15.3. The summed E-state index contributed by atoms with van der Waals surface area (Å²) in [6.07, 6.45) is 7.11. The van der Waals surface area contributed by atoms with E-state index in [-0.39, 0.29) is 36.8 Å². The van der Waals surface area contributed by atoms with Gasteiger partial charge in [-0.3, -0.25) is 14.4 Å². The van der Waals surface area contributed by atoms with Gasteiger partial charge in [-0.2, -0.15) is 0 Å². The number of likely N-dealkylation sites (tertiary alicyclic amines) is 1. The second-order valence-corrected chi connectivity index (χ2v) is 12.6. The Morgan fingerprint density at radius 1 is 1.00 bits per heavy atom. The zero-order valence-corrected chi connectivity index (χ0v) is 25.9. The molecule has 4 aliphatic heterocycles. The molecule has 1 N–H and O–H groups in total. The maximum Gasteiger partial charge on any atom is 0.253 e. The Kier molecular flexibility index (Phi) is 8.30. The smallest absolute Gasteiger partial charge is 0.253 e. The van der Waals surface area contributed by atoms with Crippen molar-refractivity contribution >= 4 is 40.7 Å². The van der Waals surface area contributed by atoms with Gasteiger partial charge in [0.15, 0.2) is 0 Å². The zero-order valence-electron chi connectivity index (χ0n) is 25.1. The minimum Gasteiger partial charge on any atom is -0.494 e. The highest BCUT2D eigenvalue weighted by Gasteiger charge is 2.72. The third kappa shape index (κ3) is 4.91. The molecular formula is C34H38ClN3O6. The molecule has 3 amide bonds. The second-order valence-electron chi connectivity index (χ2n) is 12.2. The van der Waals surface area contributed by atoms with Gasteiger partial charge >= 0.3 is 0 Å². The number of hydrogen-bond acceptors (Lipinski definition) is 6. The van der Waals surface area contributed by atoms with E-state index in [1.54, 1.807) is 40.1 Å². The van der Waals surface area contributed by atoms with Crippen molar-refractivity contribution in [3.63, 3.8) is 0 Å². The van der Waals surface area contributed by atoms with Crippen molar-refractivity contribution in [1.29, 1.82) is 0 Å². The van der Waals surface area contributed by atoms with Gasteiger partial charge in [0.25, 0.3) is 5.91 Å². The third-order valence-corrected chi connectivity index (χ3v) is 9.37. The molecule has 2 fully saturated rings. The molecule has 0 radical (unpaired) electrons. The number of ether oxygens (including phenoxy) is 2. The van der Waals surface area contributed by atoms with E-state index < -0.39 is 35.6 Å². The summed E-state index contributed by atoms with van der Waals surface area (Å²) >= 11 is 6.55. The number of anilines is 2. The summed E-state index contributed by atoms with van der Waals surface area (Å²) in [7, 11) is 0. The van der Waals surface area contributed by atoms with Gasteiger partial charge in [-0.25, -0.2) is 0 Å². The molecule has 0 saturated carbocycles. The molecule has 2 aromatic carbocycles. The van der Waals surface area contributed by atoms with Gasteiger partial charge < -0.3 is 29.3 Å². The molecule has 6 rings (SSSR count). The van der Waals surface area contributed by atoms with Gasteiger partial charge in [0.05, 0.1) is 47.9 Å². The molecule has 9 nitrogen and oxygen atoms in total. The van der Waals surface area contributed by atoms with Crippen molar-refractivity contribution in [1.82, 2.24) is 4.90 Å². The summed E-state index contributed by atoms with van der Waals surface area (Å²) in [4.78, 5) is 48.5. The Labute approximate surface area is 262 Å². The number of halogens is 1. The Balaban J connectivity index is 1.44. The molecule has 4 heterocycles. The van der Waals surface area contributed by atoms with Crippen LogP contribution in [0.25, 0.3) is 0 Å². The second kappa shape index (κ2) is 12.0. The van der Waals surface area contributed by atoms with Crippen LogP contribution in [0.3, 0.4) is 0 Å².